The van der Waals surface area contributed by atoms with E-state index in [0.717, 1.165) is 19.6 Å². The number of carbonyl (C=O) groups is 2. The highest BCUT2D eigenvalue weighted by Crippen LogP contribution is 2.14. The van der Waals surface area contributed by atoms with Crippen LogP contribution in [0.25, 0.3) is 0 Å². The Morgan fingerprint density at radius 2 is 1.50 bits per heavy atom. The molecule has 0 atom stereocenters. The number of carbonyl (C=O) groups excluding carboxylic acids is 2. The van der Waals surface area contributed by atoms with Gasteiger partial charge in [0.25, 0.3) is 11.8 Å². The number of amides is 2. The van der Waals surface area contributed by atoms with Gasteiger partial charge >= 0.3 is 0 Å². The van der Waals surface area contributed by atoms with Crippen LogP contribution in [-0.4, -0.2) is 54.1 Å². The molecule has 2 rings (SSSR count). The topological polar surface area (TPSA) is 82.7 Å². The molecule has 2 aromatic carbocycles. The van der Waals surface area contributed by atoms with Crippen molar-refractivity contribution in [2.75, 3.05) is 31.5 Å². The van der Waals surface area contributed by atoms with Crippen molar-refractivity contribution in [3.8, 4) is 5.75 Å². The third-order valence-electron chi connectivity index (χ3n) is 4.73. The van der Waals surface area contributed by atoms with E-state index in [1.807, 2.05) is 13.8 Å². The summed E-state index contributed by atoms with van der Waals surface area (Å²) >= 11 is 5.23. The fraction of sp³-hybridized carbons (Fsp3) is 0.375. The maximum Gasteiger partial charge on any atom is 0.257 e. The second kappa shape index (κ2) is 12.8. The fourth-order valence-electron chi connectivity index (χ4n) is 2.97. The van der Waals surface area contributed by atoms with E-state index in [1.165, 1.54) is 0 Å². The number of nitrogens with one attached hydrogen (secondary N) is 3. The molecule has 7 nitrogen and oxygen atoms in total. The zero-order valence-corrected chi connectivity index (χ0v) is 19.9. The summed E-state index contributed by atoms with van der Waals surface area (Å²) in [7, 11) is 0. The van der Waals surface area contributed by atoms with E-state index in [9.17, 15) is 9.59 Å². The van der Waals surface area contributed by atoms with Crippen molar-refractivity contribution in [1.29, 1.82) is 0 Å². The Bertz CT molecular complexity index is 894. The first kappa shape index (κ1) is 25.3. The number of hydrogen-bond acceptors (Lipinski definition) is 5. The largest absolute Gasteiger partial charge is 0.491 e. The summed E-state index contributed by atoms with van der Waals surface area (Å²) in [5, 5.41) is 8.70. The maximum absolute atomic E-state index is 12.4. The minimum Gasteiger partial charge on any atom is -0.491 e. The first-order chi connectivity index (χ1) is 15.3. The Balaban J connectivity index is 1.83. The lowest BCUT2D eigenvalue weighted by Crippen LogP contribution is -2.35. The van der Waals surface area contributed by atoms with Gasteiger partial charge in [-0.3, -0.25) is 14.9 Å². The van der Waals surface area contributed by atoms with Gasteiger partial charge in [-0.2, -0.15) is 0 Å². The van der Waals surface area contributed by atoms with Gasteiger partial charge in [0.1, 0.15) is 5.75 Å². The Morgan fingerprint density at radius 1 is 0.938 bits per heavy atom. The summed E-state index contributed by atoms with van der Waals surface area (Å²) in [4.78, 5) is 26.9. The van der Waals surface area contributed by atoms with Gasteiger partial charge in [0, 0.05) is 29.9 Å². The zero-order chi connectivity index (χ0) is 23.5. The summed E-state index contributed by atoms with van der Waals surface area (Å²) in [6, 6.07) is 13.8. The Hall–Kier alpha value is -2.97. The normalized spacial score (nSPS) is 10.7. The summed E-state index contributed by atoms with van der Waals surface area (Å²) in [6.45, 7) is 11.4. The number of thiocarbonyl (C=S) groups is 1. The van der Waals surface area contributed by atoms with Crippen LogP contribution in [0.2, 0.25) is 0 Å². The van der Waals surface area contributed by atoms with E-state index in [-0.39, 0.29) is 23.0 Å². The predicted molar refractivity (Wildman–Crippen MR) is 132 cm³/mol. The summed E-state index contributed by atoms with van der Waals surface area (Å²) < 4.78 is 5.58. The van der Waals surface area contributed by atoms with Crippen LogP contribution in [0.3, 0.4) is 0 Å². The van der Waals surface area contributed by atoms with Crippen molar-refractivity contribution in [3.05, 3.63) is 59.7 Å². The highest BCUT2D eigenvalue weighted by Gasteiger charge is 2.10. The van der Waals surface area contributed by atoms with Gasteiger partial charge < -0.3 is 20.3 Å². The standard InChI is InChI=1S/C24H32N4O3S/c1-5-28(6-2)16-15-25-22(29)18-7-11-20(12-8-18)26-24(32)27-23(30)19-9-13-21(14-10-19)31-17(3)4/h7-14,17H,5-6,15-16H2,1-4H3,(H,25,29)(H2,26,27,30,32). The van der Waals surface area contributed by atoms with Crippen LogP contribution in [0.4, 0.5) is 5.69 Å². The van der Waals surface area contributed by atoms with Crippen LogP contribution in [-0.2, 0) is 0 Å². The van der Waals surface area contributed by atoms with E-state index in [2.05, 4.69) is 34.7 Å². The van der Waals surface area contributed by atoms with Crippen LogP contribution in [0.1, 0.15) is 48.4 Å². The predicted octanol–water partition coefficient (Wildman–Crippen LogP) is 3.67. The van der Waals surface area contributed by atoms with Crippen molar-refractivity contribution in [3.63, 3.8) is 0 Å². The van der Waals surface area contributed by atoms with Gasteiger partial charge in [0.2, 0.25) is 0 Å². The van der Waals surface area contributed by atoms with Crippen LogP contribution >= 0.6 is 12.2 Å². The molecule has 0 radical (unpaired) electrons. The first-order valence-electron chi connectivity index (χ1n) is 10.8. The second-order valence-corrected chi connectivity index (χ2v) is 7.87. The van der Waals surface area contributed by atoms with Crippen molar-refractivity contribution in [1.82, 2.24) is 15.5 Å². The van der Waals surface area contributed by atoms with Gasteiger partial charge in [0.05, 0.1) is 6.10 Å². The molecule has 172 valence electrons. The van der Waals surface area contributed by atoms with Crippen LogP contribution in [0, 0.1) is 0 Å². The van der Waals surface area contributed by atoms with E-state index >= 15 is 0 Å². The SMILES string of the molecule is CCN(CC)CCNC(=O)c1ccc(NC(=S)NC(=O)c2ccc(OC(C)C)cc2)cc1. The number of likely N-dealkylation sites (N-methyl/N-ethyl adjacent to an activating group) is 1. The fourth-order valence-corrected chi connectivity index (χ4v) is 3.18. The molecule has 0 unspecified atom stereocenters. The highest BCUT2D eigenvalue weighted by atomic mass is 32.1. The van der Waals surface area contributed by atoms with Crippen LogP contribution in [0.15, 0.2) is 48.5 Å². The van der Waals surface area contributed by atoms with Gasteiger partial charge in [-0.15, -0.1) is 0 Å². The third-order valence-corrected chi connectivity index (χ3v) is 4.93. The lowest BCUT2D eigenvalue weighted by atomic mass is 10.2. The van der Waals surface area contributed by atoms with Gasteiger partial charge in [-0.25, -0.2) is 0 Å². The molecule has 0 fully saturated rings. The average Bonchev–Trinajstić information content (AvgIpc) is 2.77. The molecule has 3 N–H and O–H groups in total. The molecule has 2 aromatic rings. The quantitative estimate of drug-likeness (QED) is 0.473. The number of anilines is 1. The highest BCUT2D eigenvalue weighted by molar-refractivity contribution is 7.80. The smallest absolute Gasteiger partial charge is 0.257 e. The van der Waals surface area contributed by atoms with Gasteiger partial charge in [-0.05, 0) is 87.7 Å². The Kier molecular flexibility index (Phi) is 10.1. The van der Waals surface area contributed by atoms with Gasteiger partial charge in [0.15, 0.2) is 5.11 Å². The zero-order valence-electron chi connectivity index (χ0n) is 19.1. The number of rotatable bonds is 10. The lowest BCUT2D eigenvalue weighted by Gasteiger charge is -2.18. The van der Waals surface area contributed by atoms with Crippen molar-refractivity contribution in [2.24, 2.45) is 0 Å². The molecular weight excluding hydrogens is 424 g/mol. The minimum absolute atomic E-state index is 0.0661. The number of benzene rings is 2. The van der Waals surface area contributed by atoms with Crippen molar-refractivity contribution >= 4 is 34.8 Å². The first-order valence-corrected chi connectivity index (χ1v) is 11.2. The average molecular weight is 457 g/mol. The molecule has 0 bridgehead atoms. The molecule has 0 saturated carbocycles. The monoisotopic (exact) mass is 456 g/mol. The molecule has 0 aliphatic rings. The van der Waals surface area contributed by atoms with E-state index < -0.39 is 0 Å². The molecule has 32 heavy (non-hydrogen) atoms. The van der Waals surface area contributed by atoms with Crippen molar-refractivity contribution in [2.45, 2.75) is 33.8 Å². The maximum atomic E-state index is 12.4. The summed E-state index contributed by atoms with van der Waals surface area (Å²) in [5.41, 5.74) is 1.71. The molecule has 0 saturated heterocycles. The lowest BCUT2D eigenvalue weighted by molar-refractivity contribution is 0.0947. The second-order valence-electron chi connectivity index (χ2n) is 7.46. The molecule has 0 aliphatic heterocycles. The minimum atomic E-state index is -0.317. The number of ether oxygens (including phenoxy) is 1. The molecular formula is C24H32N4O3S. The number of nitrogens with zero attached hydrogens (tertiary/aromatic N) is 1. The number of hydrogen-bond donors (Lipinski definition) is 3. The Labute approximate surface area is 195 Å². The molecule has 0 aliphatic carbocycles. The van der Waals surface area contributed by atoms with Crippen LogP contribution < -0.4 is 20.7 Å². The van der Waals surface area contributed by atoms with E-state index in [4.69, 9.17) is 17.0 Å². The summed E-state index contributed by atoms with van der Waals surface area (Å²) in [6.07, 6.45) is 0.0661. The van der Waals surface area contributed by atoms with E-state index in [0.29, 0.717) is 29.1 Å². The van der Waals surface area contributed by atoms with E-state index in [1.54, 1.807) is 48.5 Å². The third kappa shape index (κ3) is 8.28. The molecule has 0 aromatic heterocycles. The van der Waals surface area contributed by atoms with Gasteiger partial charge in [-0.1, -0.05) is 13.8 Å². The van der Waals surface area contributed by atoms with Crippen molar-refractivity contribution < 1.29 is 14.3 Å². The molecule has 2 amide bonds. The molecule has 8 heteroatoms. The molecule has 0 heterocycles. The van der Waals surface area contributed by atoms with Crippen LogP contribution in [0.5, 0.6) is 5.75 Å². The Morgan fingerprint density at radius 3 is 2.06 bits per heavy atom. The summed E-state index contributed by atoms with van der Waals surface area (Å²) in [5.74, 6) is 0.265. The molecule has 0 spiro atoms.